The van der Waals surface area contributed by atoms with E-state index < -0.39 is 17.8 Å². The lowest BCUT2D eigenvalue weighted by molar-refractivity contribution is -0.133. The molecule has 2 rings (SSSR count). The lowest BCUT2D eigenvalue weighted by atomic mass is 10.1. The van der Waals surface area contributed by atoms with Crippen molar-refractivity contribution in [3.05, 3.63) is 65.0 Å². The summed E-state index contributed by atoms with van der Waals surface area (Å²) in [6, 6.07) is 13.2. The summed E-state index contributed by atoms with van der Waals surface area (Å²) in [4.78, 5) is 12.6. The van der Waals surface area contributed by atoms with Gasteiger partial charge in [-0.1, -0.05) is 19.1 Å². The number of rotatable bonds is 8. The van der Waals surface area contributed by atoms with Gasteiger partial charge in [0.05, 0.1) is 18.7 Å². The molecule has 0 aliphatic carbocycles. The van der Waals surface area contributed by atoms with Crippen LogP contribution in [0.2, 0.25) is 0 Å². The Morgan fingerprint density at radius 1 is 1.27 bits per heavy atom. The zero-order chi connectivity index (χ0) is 18.9. The molecule has 0 fully saturated rings. The molecule has 6 heteroatoms. The molecule has 0 aliphatic rings. The zero-order valence-corrected chi connectivity index (χ0v) is 14.8. The first-order chi connectivity index (χ1) is 12.6. The van der Waals surface area contributed by atoms with Gasteiger partial charge in [0.2, 0.25) is 0 Å². The monoisotopic (exact) mass is 356 g/mol. The predicted octanol–water partition coefficient (Wildman–Crippen LogP) is 3.49. The number of halogens is 1. The van der Waals surface area contributed by atoms with Crippen molar-refractivity contribution >= 4 is 5.91 Å². The molecular weight excluding hydrogens is 335 g/mol. The molecule has 0 aromatic heterocycles. The maximum Gasteiger partial charge on any atom is 0.254 e. The molecule has 0 aliphatic heterocycles. The Kier molecular flexibility index (Phi) is 7.12. The maximum absolute atomic E-state index is 14.4. The molecule has 2 aromatic rings. The van der Waals surface area contributed by atoms with E-state index in [-0.39, 0.29) is 12.1 Å². The van der Waals surface area contributed by atoms with Gasteiger partial charge in [0.15, 0.2) is 6.10 Å². The van der Waals surface area contributed by atoms with Crippen LogP contribution in [0, 0.1) is 17.1 Å². The van der Waals surface area contributed by atoms with Gasteiger partial charge in [-0.2, -0.15) is 5.26 Å². The van der Waals surface area contributed by atoms with Crippen molar-refractivity contribution in [2.75, 3.05) is 13.7 Å². The van der Waals surface area contributed by atoms with Crippen LogP contribution in [0.4, 0.5) is 4.39 Å². The number of nitriles is 1. The molecule has 0 radical (unpaired) electrons. The zero-order valence-electron chi connectivity index (χ0n) is 14.8. The largest absolute Gasteiger partial charge is 0.497 e. The molecule has 0 heterocycles. The molecule has 1 atom stereocenters. The number of carbonyl (C=O) groups excluding carboxylic acids is 1. The first-order valence-corrected chi connectivity index (χ1v) is 8.30. The van der Waals surface area contributed by atoms with Gasteiger partial charge >= 0.3 is 0 Å². The molecule has 2 aromatic carbocycles. The van der Waals surface area contributed by atoms with Crippen LogP contribution < -0.4 is 10.1 Å². The molecule has 136 valence electrons. The highest BCUT2D eigenvalue weighted by molar-refractivity contribution is 5.82. The van der Waals surface area contributed by atoms with Gasteiger partial charge in [0.1, 0.15) is 11.6 Å². The lowest BCUT2D eigenvalue weighted by Gasteiger charge is -2.19. The fourth-order valence-electron chi connectivity index (χ4n) is 2.37. The van der Waals surface area contributed by atoms with Gasteiger partial charge in [0, 0.05) is 24.8 Å². The number of nitrogens with one attached hydrogen (secondary N) is 1. The van der Waals surface area contributed by atoms with Crippen molar-refractivity contribution < 1.29 is 18.7 Å². The molecular formula is C20H21FN2O3. The van der Waals surface area contributed by atoms with Crippen molar-refractivity contribution in [2.24, 2.45) is 0 Å². The highest BCUT2D eigenvalue weighted by Gasteiger charge is 2.24. The third kappa shape index (κ3) is 5.04. The van der Waals surface area contributed by atoms with E-state index in [1.54, 1.807) is 30.3 Å². The normalized spacial score (nSPS) is 11.5. The van der Waals surface area contributed by atoms with Gasteiger partial charge in [-0.15, -0.1) is 0 Å². The summed E-state index contributed by atoms with van der Waals surface area (Å²) in [6.07, 6.45) is -0.337. The number of nitrogens with zero attached hydrogens (tertiary/aromatic N) is 1. The molecule has 5 nitrogen and oxygen atoms in total. The highest BCUT2D eigenvalue weighted by Crippen LogP contribution is 2.25. The molecule has 26 heavy (non-hydrogen) atoms. The number of benzene rings is 2. The molecule has 1 unspecified atom stereocenters. The number of ether oxygens (including phenoxy) is 2. The van der Waals surface area contributed by atoms with E-state index in [0.29, 0.717) is 24.3 Å². The summed E-state index contributed by atoms with van der Waals surface area (Å²) in [5.41, 5.74) is 1.54. The average Bonchev–Trinajstić information content (AvgIpc) is 2.67. The fraction of sp³-hybridized carbons (Fsp3) is 0.300. The Hall–Kier alpha value is -2.91. The van der Waals surface area contributed by atoms with Crippen LogP contribution in [0.3, 0.4) is 0 Å². The quantitative estimate of drug-likeness (QED) is 0.786. The van der Waals surface area contributed by atoms with E-state index in [4.69, 9.17) is 14.7 Å². The lowest BCUT2D eigenvalue weighted by Crippen LogP contribution is -2.31. The fourth-order valence-corrected chi connectivity index (χ4v) is 2.37. The van der Waals surface area contributed by atoms with Crippen LogP contribution in [0.15, 0.2) is 42.5 Å². The van der Waals surface area contributed by atoms with Crippen LogP contribution in [0.25, 0.3) is 0 Å². The minimum atomic E-state index is -1.04. The minimum Gasteiger partial charge on any atom is -0.497 e. The van der Waals surface area contributed by atoms with E-state index in [0.717, 1.165) is 5.56 Å². The molecule has 0 bridgehead atoms. The number of carbonyl (C=O) groups is 1. The molecule has 0 saturated carbocycles. The van der Waals surface area contributed by atoms with Crippen molar-refractivity contribution in [3.8, 4) is 11.8 Å². The van der Waals surface area contributed by atoms with Crippen LogP contribution in [-0.4, -0.2) is 19.6 Å². The van der Waals surface area contributed by atoms with Gasteiger partial charge in [0.25, 0.3) is 5.91 Å². The first kappa shape index (κ1) is 19.4. The Balaban J connectivity index is 2.12. The van der Waals surface area contributed by atoms with Crippen LogP contribution in [0.1, 0.15) is 36.1 Å². The van der Waals surface area contributed by atoms with Crippen molar-refractivity contribution in [3.63, 3.8) is 0 Å². The minimum absolute atomic E-state index is 0.163. The summed E-state index contributed by atoms with van der Waals surface area (Å²) >= 11 is 0. The number of methoxy groups -OCH3 is 1. The van der Waals surface area contributed by atoms with E-state index >= 15 is 0 Å². The Bertz CT molecular complexity index is 785. The van der Waals surface area contributed by atoms with Crippen LogP contribution in [-0.2, 0) is 16.1 Å². The molecule has 1 amide bonds. The summed E-state index contributed by atoms with van der Waals surface area (Å²) in [5.74, 6) is -0.607. The van der Waals surface area contributed by atoms with Crippen molar-refractivity contribution in [1.29, 1.82) is 5.26 Å². The number of amides is 1. The second-order valence-electron chi connectivity index (χ2n) is 5.66. The van der Waals surface area contributed by atoms with Gasteiger partial charge < -0.3 is 14.8 Å². The average molecular weight is 356 g/mol. The third-order valence-corrected chi connectivity index (χ3v) is 3.77. The second-order valence-corrected chi connectivity index (χ2v) is 5.66. The Morgan fingerprint density at radius 3 is 2.58 bits per heavy atom. The second kappa shape index (κ2) is 9.54. The predicted molar refractivity (Wildman–Crippen MR) is 94.9 cm³/mol. The van der Waals surface area contributed by atoms with Gasteiger partial charge in [-0.25, -0.2) is 4.39 Å². The smallest absolute Gasteiger partial charge is 0.254 e. The van der Waals surface area contributed by atoms with Crippen LogP contribution >= 0.6 is 0 Å². The summed E-state index contributed by atoms with van der Waals surface area (Å²) < 4.78 is 24.9. The van der Waals surface area contributed by atoms with E-state index in [1.165, 1.54) is 19.2 Å². The molecule has 1 N–H and O–H groups in total. The van der Waals surface area contributed by atoms with E-state index in [2.05, 4.69) is 5.32 Å². The van der Waals surface area contributed by atoms with Crippen molar-refractivity contribution in [2.45, 2.75) is 26.0 Å². The summed E-state index contributed by atoms with van der Waals surface area (Å²) in [7, 11) is 1.45. The topological polar surface area (TPSA) is 71.3 Å². The first-order valence-electron chi connectivity index (χ1n) is 8.30. The van der Waals surface area contributed by atoms with Crippen LogP contribution in [0.5, 0.6) is 5.75 Å². The van der Waals surface area contributed by atoms with Crippen molar-refractivity contribution in [1.82, 2.24) is 5.32 Å². The number of hydrogen-bond acceptors (Lipinski definition) is 4. The standard InChI is InChI=1S/C20H21FN2O3/c1-3-10-26-19(17-9-8-16(25-2)11-18(17)21)20(24)23-13-15-6-4-14(12-22)5-7-15/h4-9,11,19H,3,10,13H2,1-2H3,(H,23,24). The molecule has 0 saturated heterocycles. The third-order valence-electron chi connectivity index (χ3n) is 3.77. The van der Waals surface area contributed by atoms with Gasteiger partial charge in [-0.3, -0.25) is 4.79 Å². The van der Waals surface area contributed by atoms with Gasteiger partial charge in [-0.05, 0) is 36.2 Å². The highest BCUT2D eigenvalue weighted by atomic mass is 19.1. The number of hydrogen-bond donors (Lipinski definition) is 1. The van der Waals surface area contributed by atoms with E-state index in [1.807, 2.05) is 13.0 Å². The maximum atomic E-state index is 14.4. The Morgan fingerprint density at radius 2 is 2.00 bits per heavy atom. The summed E-state index contributed by atoms with van der Waals surface area (Å²) in [5, 5.41) is 11.6. The summed E-state index contributed by atoms with van der Waals surface area (Å²) in [6.45, 7) is 2.50. The molecule has 0 spiro atoms. The Labute approximate surface area is 152 Å². The SMILES string of the molecule is CCCOC(C(=O)NCc1ccc(C#N)cc1)c1ccc(OC)cc1F. The van der Waals surface area contributed by atoms with E-state index in [9.17, 15) is 9.18 Å².